The van der Waals surface area contributed by atoms with Gasteiger partial charge in [-0.1, -0.05) is 6.07 Å². The fourth-order valence-electron chi connectivity index (χ4n) is 1.09. The molecular formula is C9H4F3N2O2. The Balaban J connectivity index is 2.39. The largest absolute Gasteiger partial charge is 0.573 e. The van der Waals surface area contributed by atoms with Crippen LogP contribution in [-0.4, -0.2) is 16.6 Å². The van der Waals surface area contributed by atoms with E-state index >= 15 is 0 Å². The van der Waals surface area contributed by atoms with E-state index in [0.29, 0.717) is 0 Å². The molecular weight excluding hydrogens is 225 g/mol. The third-order valence-corrected chi connectivity index (χ3v) is 1.64. The Morgan fingerprint density at radius 3 is 2.81 bits per heavy atom. The van der Waals surface area contributed by atoms with Crippen molar-refractivity contribution in [3.05, 3.63) is 30.7 Å². The van der Waals surface area contributed by atoms with Crippen molar-refractivity contribution < 1.29 is 22.3 Å². The van der Waals surface area contributed by atoms with Crippen LogP contribution in [0.1, 0.15) is 0 Å². The summed E-state index contributed by atoms with van der Waals surface area (Å²) in [6.45, 7) is 0. The van der Waals surface area contributed by atoms with Crippen molar-refractivity contribution in [1.82, 2.24) is 10.2 Å². The lowest BCUT2D eigenvalue weighted by Gasteiger charge is -2.10. The first-order valence-electron chi connectivity index (χ1n) is 4.08. The molecule has 7 heteroatoms. The van der Waals surface area contributed by atoms with Crippen LogP contribution in [0.2, 0.25) is 0 Å². The molecule has 1 aromatic heterocycles. The maximum Gasteiger partial charge on any atom is 0.573 e. The van der Waals surface area contributed by atoms with Gasteiger partial charge in [-0.3, -0.25) is 0 Å². The van der Waals surface area contributed by atoms with Crippen molar-refractivity contribution in [2.45, 2.75) is 6.36 Å². The molecule has 83 valence electrons. The molecule has 4 nitrogen and oxygen atoms in total. The van der Waals surface area contributed by atoms with Crippen LogP contribution in [0.4, 0.5) is 13.2 Å². The van der Waals surface area contributed by atoms with Gasteiger partial charge in [0.1, 0.15) is 5.75 Å². The van der Waals surface area contributed by atoms with E-state index in [2.05, 4.69) is 21.0 Å². The van der Waals surface area contributed by atoms with E-state index < -0.39 is 12.1 Å². The fraction of sp³-hybridized carbons (Fsp3) is 0.111. The van der Waals surface area contributed by atoms with Crippen molar-refractivity contribution in [3.8, 4) is 17.2 Å². The SMILES string of the molecule is FC(F)(F)Oc1cc[c]cc1-c1nnco1. The van der Waals surface area contributed by atoms with Gasteiger partial charge in [0.05, 0.1) is 5.56 Å². The van der Waals surface area contributed by atoms with Crippen LogP contribution in [0.5, 0.6) is 5.75 Å². The summed E-state index contributed by atoms with van der Waals surface area (Å²) in [5, 5.41) is 6.86. The highest BCUT2D eigenvalue weighted by atomic mass is 19.4. The van der Waals surface area contributed by atoms with Gasteiger partial charge < -0.3 is 9.15 Å². The van der Waals surface area contributed by atoms with E-state index in [4.69, 9.17) is 4.42 Å². The first kappa shape index (κ1) is 10.5. The van der Waals surface area contributed by atoms with Crippen molar-refractivity contribution in [2.75, 3.05) is 0 Å². The summed E-state index contributed by atoms with van der Waals surface area (Å²) in [6.07, 6.45) is -3.75. The van der Waals surface area contributed by atoms with E-state index in [1.807, 2.05) is 0 Å². The normalized spacial score (nSPS) is 11.4. The lowest BCUT2D eigenvalue weighted by molar-refractivity contribution is -0.274. The highest BCUT2D eigenvalue weighted by Crippen LogP contribution is 2.31. The van der Waals surface area contributed by atoms with Gasteiger partial charge >= 0.3 is 6.36 Å². The molecule has 0 N–H and O–H groups in total. The van der Waals surface area contributed by atoms with E-state index in [1.54, 1.807) is 0 Å². The summed E-state index contributed by atoms with van der Waals surface area (Å²) < 4.78 is 44.8. The number of halogens is 3. The molecule has 0 aliphatic rings. The van der Waals surface area contributed by atoms with Gasteiger partial charge in [0.15, 0.2) is 0 Å². The molecule has 2 aromatic rings. The van der Waals surface area contributed by atoms with Crippen molar-refractivity contribution >= 4 is 0 Å². The Bertz CT molecular complexity index is 468. The maximum absolute atomic E-state index is 12.1. The average molecular weight is 229 g/mol. The van der Waals surface area contributed by atoms with Gasteiger partial charge in [-0.2, -0.15) is 0 Å². The monoisotopic (exact) mass is 229 g/mol. The topological polar surface area (TPSA) is 48.2 Å². The summed E-state index contributed by atoms with van der Waals surface area (Å²) in [4.78, 5) is 0. The Morgan fingerprint density at radius 2 is 2.19 bits per heavy atom. The first-order chi connectivity index (χ1) is 7.56. The van der Waals surface area contributed by atoms with Crippen molar-refractivity contribution in [3.63, 3.8) is 0 Å². The Morgan fingerprint density at radius 1 is 1.38 bits per heavy atom. The summed E-state index contributed by atoms with van der Waals surface area (Å²) in [5.41, 5.74) is 0.0392. The standard InChI is InChI=1S/C9H4F3N2O2/c10-9(11,12)16-7-4-2-1-3-6(7)8-14-13-5-15-8/h2-5H. The lowest BCUT2D eigenvalue weighted by Crippen LogP contribution is -2.17. The number of aromatic nitrogens is 2. The molecule has 16 heavy (non-hydrogen) atoms. The van der Waals surface area contributed by atoms with Gasteiger partial charge in [0.25, 0.3) is 5.89 Å². The predicted octanol–water partition coefficient (Wildman–Crippen LogP) is 2.44. The summed E-state index contributed by atoms with van der Waals surface area (Å²) in [7, 11) is 0. The zero-order chi connectivity index (χ0) is 11.6. The highest BCUT2D eigenvalue weighted by Gasteiger charge is 2.32. The minimum absolute atomic E-state index is 0.0392. The van der Waals surface area contributed by atoms with E-state index in [1.165, 1.54) is 12.1 Å². The average Bonchev–Trinajstić information content (AvgIpc) is 2.69. The van der Waals surface area contributed by atoms with Crippen LogP contribution in [-0.2, 0) is 0 Å². The fourth-order valence-corrected chi connectivity index (χ4v) is 1.09. The summed E-state index contributed by atoms with van der Waals surface area (Å²) in [6, 6.07) is 6.28. The third-order valence-electron chi connectivity index (χ3n) is 1.64. The maximum atomic E-state index is 12.1. The Hall–Kier alpha value is -2.05. The number of hydrogen-bond acceptors (Lipinski definition) is 4. The second-order valence-electron chi connectivity index (χ2n) is 2.71. The first-order valence-corrected chi connectivity index (χ1v) is 4.08. The van der Waals surface area contributed by atoms with Gasteiger partial charge in [0, 0.05) is 0 Å². The number of hydrogen-bond donors (Lipinski definition) is 0. The van der Waals surface area contributed by atoms with Crippen LogP contribution in [0.15, 0.2) is 29.0 Å². The molecule has 0 aliphatic carbocycles. The van der Waals surface area contributed by atoms with Crippen molar-refractivity contribution in [1.29, 1.82) is 0 Å². The molecule has 0 saturated heterocycles. The van der Waals surface area contributed by atoms with Crippen LogP contribution in [0.3, 0.4) is 0 Å². The molecule has 0 atom stereocenters. The molecule has 1 radical (unpaired) electrons. The van der Waals surface area contributed by atoms with Crippen LogP contribution in [0.25, 0.3) is 11.5 Å². The van der Waals surface area contributed by atoms with Gasteiger partial charge in [-0.05, 0) is 18.2 Å². The molecule has 0 amide bonds. The lowest BCUT2D eigenvalue weighted by atomic mass is 10.2. The molecule has 0 saturated carbocycles. The van der Waals surface area contributed by atoms with E-state index in [9.17, 15) is 13.2 Å². The van der Waals surface area contributed by atoms with Gasteiger partial charge in [-0.15, -0.1) is 23.4 Å². The molecule has 1 aromatic carbocycles. The quantitative estimate of drug-likeness (QED) is 0.793. The minimum atomic E-state index is -4.77. The predicted molar refractivity (Wildman–Crippen MR) is 45.3 cm³/mol. The minimum Gasteiger partial charge on any atom is -0.423 e. The summed E-state index contributed by atoms with van der Waals surface area (Å²) >= 11 is 0. The van der Waals surface area contributed by atoms with E-state index in [-0.39, 0.29) is 11.5 Å². The molecule has 0 spiro atoms. The van der Waals surface area contributed by atoms with Crippen LogP contribution >= 0.6 is 0 Å². The van der Waals surface area contributed by atoms with E-state index in [0.717, 1.165) is 12.5 Å². The second-order valence-corrected chi connectivity index (χ2v) is 2.71. The zero-order valence-electron chi connectivity index (χ0n) is 7.65. The number of alkyl halides is 3. The number of ether oxygens (including phenoxy) is 1. The van der Waals surface area contributed by atoms with Crippen LogP contribution in [0, 0.1) is 6.07 Å². The number of nitrogens with zero attached hydrogens (tertiary/aromatic N) is 2. The second kappa shape index (κ2) is 3.84. The molecule has 2 rings (SSSR count). The summed E-state index contributed by atoms with van der Waals surface area (Å²) in [5.74, 6) is -0.466. The van der Waals surface area contributed by atoms with Gasteiger partial charge in [-0.25, -0.2) is 0 Å². The Kier molecular flexibility index (Phi) is 2.51. The molecule has 0 aliphatic heterocycles. The third kappa shape index (κ3) is 2.30. The number of benzene rings is 1. The number of rotatable bonds is 2. The highest BCUT2D eigenvalue weighted by molar-refractivity contribution is 5.61. The van der Waals surface area contributed by atoms with Crippen molar-refractivity contribution in [2.24, 2.45) is 0 Å². The smallest absolute Gasteiger partial charge is 0.423 e. The zero-order valence-corrected chi connectivity index (χ0v) is 7.65. The molecule has 0 unspecified atom stereocenters. The Labute approximate surface area is 87.7 Å². The molecule has 1 heterocycles. The molecule has 0 bridgehead atoms. The van der Waals surface area contributed by atoms with Crippen LogP contribution < -0.4 is 4.74 Å². The molecule has 0 fully saturated rings. The van der Waals surface area contributed by atoms with Gasteiger partial charge in [0.2, 0.25) is 6.39 Å².